The smallest absolute Gasteiger partial charge is 0.329 e. The van der Waals surface area contributed by atoms with Gasteiger partial charge in [0.15, 0.2) is 11.5 Å². The van der Waals surface area contributed by atoms with E-state index in [-0.39, 0.29) is 24.3 Å². The second kappa shape index (κ2) is 11.7. The third-order valence-corrected chi connectivity index (χ3v) is 7.07. The van der Waals surface area contributed by atoms with Crippen LogP contribution in [0.2, 0.25) is 0 Å². The predicted molar refractivity (Wildman–Crippen MR) is 126 cm³/mol. The van der Waals surface area contributed by atoms with Crippen LogP contribution in [0.3, 0.4) is 0 Å². The standard InChI is InChI=1S/C26H39NO6/c1-17-14-20(15-22(31-3)24(17)32-4)23(19-10-6-5-7-11-19)25(29)27-13-9-8-12-21(27)26(30)33-18(2)16-28/h14-15,18-19,21,23,28H,5-13,16H2,1-4H3/t18?,21-,23-/m0/s1. The van der Waals surface area contributed by atoms with Gasteiger partial charge in [-0.2, -0.15) is 0 Å². The largest absolute Gasteiger partial charge is 0.493 e. The average Bonchev–Trinajstić information content (AvgIpc) is 2.84. The van der Waals surface area contributed by atoms with Crippen molar-refractivity contribution >= 4 is 11.9 Å². The molecule has 1 saturated carbocycles. The Balaban J connectivity index is 1.97. The first-order valence-corrected chi connectivity index (χ1v) is 12.3. The number of rotatable bonds is 8. The van der Waals surface area contributed by atoms with Crippen LogP contribution in [0.4, 0.5) is 0 Å². The maximum Gasteiger partial charge on any atom is 0.329 e. The summed E-state index contributed by atoms with van der Waals surface area (Å²) in [5.41, 5.74) is 1.84. The second-order valence-electron chi connectivity index (χ2n) is 9.42. The van der Waals surface area contributed by atoms with Gasteiger partial charge in [0.25, 0.3) is 0 Å². The van der Waals surface area contributed by atoms with E-state index in [4.69, 9.17) is 14.2 Å². The number of likely N-dealkylation sites (tertiary alicyclic amines) is 1. The van der Waals surface area contributed by atoms with E-state index in [2.05, 4.69) is 0 Å². The highest BCUT2D eigenvalue weighted by atomic mass is 16.6. The van der Waals surface area contributed by atoms with Crippen LogP contribution in [0.5, 0.6) is 11.5 Å². The Morgan fingerprint density at radius 1 is 1.06 bits per heavy atom. The third-order valence-electron chi connectivity index (χ3n) is 7.07. The maximum atomic E-state index is 14.1. The summed E-state index contributed by atoms with van der Waals surface area (Å²) in [5.74, 6) is 0.745. The molecule has 2 aliphatic rings. The molecule has 1 saturated heterocycles. The molecular weight excluding hydrogens is 422 g/mol. The van der Waals surface area contributed by atoms with Crippen LogP contribution in [0.15, 0.2) is 12.1 Å². The second-order valence-corrected chi connectivity index (χ2v) is 9.42. The Labute approximate surface area is 197 Å². The summed E-state index contributed by atoms with van der Waals surface area (Å²) in [6, 6.07) is 3.35. The zero-order valence-corrected chi connectivity index (χ0v) is 20.5. The van der Waals surface area contributed by atoms with Crippen molar-refractivity contribution in [2.45, 2.75) is 83.3 Å². The van der Waals surface area contributed by atoms with Crippen molar-refractivity contribution in [3.63, 3.8) is 0 Å². The van der Waals surface area contributed by atoms with Gasteiger partial charge in [-0.15, -0.1) is 0 Å². The molecular formula is C26H39NO6. The molecule has 1 aromatic carbocycles. The molecule has 1 aromatic rings. The third kappa shape index (κ3) is 5.81. The van der Waals surface area contributed by atoms with Crippen molar-refractivity contribution in [3.8, 4) is 11.5 Å². The van der Waals surface area contributed by atoms with Gasteiger partial charge < -0.3 is 24.2 Å². The lowest BCUT2D eigenvalue weighted by atomic mass is 9.75. The molecule has 1 amide bonds. The number of carbonyl (C=O) groups is 2. The number of hydrogen-bond acceptors (Lipinski definition) is 6. The van der Waals surface area contributed by atoms with E-state index in [9.17, 15) is 14.7 Å². The van der Waals surface area contributed by atoms with Crippen molar-refractivity contribution in [1.29, 1.82) is 0 Å². The van der Waals surface area contributed by atoms with Gasteiger partial charge in [0.05, 0.1) is 26.7 Å². The number of aliphatic hydroxyl groups excluding tert-OH is 1. The van der Waals surface area contributed by atoms with E-state index < -0.39 is 18.1 Å². The highest BCUT2D eigenvalue weighted by molar-refractivity contribution is 5.89. The predicted octanol–water partition coefficient (Wildman–Crippen LogP) is 3.98. The lowest BCUT2D eigenvalue weighted by Gasteiger charge is -2.39. The number of piperidine rings is 1. The van der Waals surface area contributed by atoms with Gasteiger partial charge in [-0.3, -0.25) is 4.79 Å². The van der Waals surface area contributed by atoms with E-state index in [1.807, 2.05) is 19.1 Å². The number of amides is 1. The van der Waals surface area contributed by atoms with Crippen LogP contribution in [0.25, 0.3) is 0 Å². The van der Waals surface area contributed by atoms with Gasteiger partial charge in [0.2, 0.25) is 5.91 Å². The van der Waals surface area contributed by atoms with Crippen molar-refractivity contribution in [1.82, 2.24) is 4.90 Å². The Kier molecular flexibility index (Phi) is 9.01. The number of benzene rings is 1. The van der Waals surface area contributed by atoms with Crippen LogP contribution in [-0.2, 0) is 14.3 Å². The summed E-state index contributed by atoms with van der Waals surface area (Å²) >= 11 is 0. The molecule has 1 aliphatic heterocycles. The minimum atomic E-state index is -0.604. The Morgan fingerprint density at radius 3 is 2.39 bits per heavy atom. The van der Waals surface area contributed by atoms with Crippen molar-refractivity contribution < 1.29 is 28.9 Å². The van der Waals surface area contributed by atoms with Gasteiger partial charge in [-0.05, 0) is 69.1 Å². The number of aryl methyl sites for hydroxylation is 1. The molecule has 0 radical (unpaired) electrons. The highest BCUT2D eigenvalue weighted by Crippen LogP contribution is 2.42. The van der Waals surface area contributed by atoms with Crippen LogP contribution < -0.4 is 9.47 Å². The Morgan fingerprint density at radius 2 is 1.76 bits per heavy atom. The quantitative estimate of drug-likeness (QED) is 0.590. The molecule has 2 fully saturated rings. The summed E-state index contributed by atoms with van der Waals surface area (Å²) in [6.45, 7) is 3.93. The molecule has 1 heterocycles. The molecule has 7 nitrogen and oxygen atoms in total. The first-order chi connectivity index (χ1) is 15.9. The molecule has 3 atom stereocenters. The van der Waals surface area contributed by atoms with Gasteiger partial charge in [0, 0.05) is 6.54 Å². The lowest BCUT2D eigenvalue weighted by Crippen LogP contribution is -2.51. The van der Waals surface area contributed by atoms with E-state index in [0.717, 1.165) is 49.7 Å². The maximum absolute atomic E-state index is 14.1. The van der Waals surface area contributed by atoms with Crippen LogP contribution in [0, 0.1) is 12.8 Å². The Hall–Kier alpha value is -2.28. The molecule has 33 heavy (non-hydrogen) atoms. The van der Waals surface area contributed by atoms with E-state index in [1.165, 1.54) is 6.42 Å². The zero-order valence-electron chi connectivity index (χ0n) is 20.5. The van der Waals surface area contributed by atoms with Crippen molar-refractivity contribution in [2.75, 3.05) is 27.4 Å². The topological polar surface area (TPSA) is 85.3 Å². The van der Waals surface area contributed by atoms with Gasteiger partial charge in [-0.1, -0.05) is 25.3 Å². The summed E-state index contributed by atoms with van der Waals surface area (Å²) in [7, 11) is 3.23. The molecule has 3 rings (SSSR count). The number of ether oxygens (including phenoxy) is 3. The number of hydrogen-bond donors (Lipinski definition) is 1. The molecule has 1 N–H and O–H groups in total. The average molecular weight is 462 g/mol. The molecule has 184 valence electrons. The van der Waals surface area contributed by atoms with E-state index >= 15 is 0 Å². The molecule has 1 aliphatic carbocycles. The fourth-order valence-corrected chi connectivity index (χ4v) is 5.38. The normalized spacial score (nSPS) is 21.2. The number of methoxy groups -OCH3 is 2. The molecule has 0 aromatic heterocycles. The fraction of sp³-hybridized carbons (Fsp3) is 0.692. The SMILES string of the molecule is COc1cc([C@@H](C(=O)N2CCCC[C@H]2C(=O)OC(C)CO)C2CCCCC2)cc(C)c1OC. The zero-order chi connectivity index (χ0) is 24.0. The summed E-state index contributed by atoms with van der Waals surface area (Å²) in [5, 5.41) is 9.30. The van der Waals surface area contributed by atoms with E-state index in [1.54, 1.807) is 26.0 Å². The molecule has 0 spiro atoms. The van der Waals surface area contributed by atoms with Gasteiger partial charge in [0.1, 0.15) is 12.1 Å². The number of aliphatic hydroxyl groups is 1. The summed E-state index contributed by atoms with van der Waals surface area (Å²) in [6.07, 6.45) is 7.15. The van der Waals surface area contributed by atoms with Crippen molar-refractivity contribution in [2.24, 2.45) is 5.92 Å². The molecule has 7 heteroatoms. The minimum absolute atomic E-state index is 0.00757. The Bertz CT molecular complexity index is 819. The molecule has 1 unspecified atom stereocenters. The number of carbonyl (C=O) groups excluding carboxylic acids is 2. The van der Waals surface area contributed by atoms with Crippen LogP contribution in [0.1, 0.15) is 75.3 Å². The summed E-state index contributed by atoms with van der Waals surface area (Å²) in [4.78, 5) is 28.8. The minimum Gasteiger partial charge on any atom is -0.493 e. The lowest BCUT2D eigenvalue weighted by molar-refractivity contribution is -0.163. The first kappa shape index (κ1) is 25.3. The van der Waals surface area contributed by atoms with Gasteiger partial charge in [-0.25, -0.2) is 4.79 Å². The van der Waals surface area contributed by atoms with E-state index in [0.29, 0.717) is 24.5 Å². The van der Waals surface area contributed by atoms with Crippen LogP contribution in [-0.4, -0.2) is 61.4 Å². The van der Waals surface area contributed by atoms with Crippen LogP contribution >= 0.6 is 0 Å². The monoisotopic (exact) mass is 461 g/mol. The fourth-order valence-electron chi connectivity index (χ4n) is 5.38. The van der Waals surface area contributed by atoms with Gasteiger partial charge >= 0.3 is 5.97 Å². The summed E-state index contributed by atoms with van der Waals surface area (Å²) < 4.78 is 16.5. The first-order valence-electron chi connectivity index (χ1n) is 12.3. The highest BCUT2D eigenvalue weighted by Gasteiger charge is 2.40. The van der Waals surface area contributed by atoms with Crippen molar-refractivity contribution in [3.05, 3.63) is 23.3 Å². The number of esters is 1. The molecule has 0 bridgehead atoms. The number of nitrogens with zero attached hydrogens (tertiary/aromatic N) is 1.